The molecule has 0 saturated heterocycles. The van der Waals surface area contributed by atoms with Gasteiger partial charge in [0.1, 0.15) is 0 Å². The van der Waals surface area contributed by atoms with Gasteiger partial charge in [-0.25, -0.2) is 4.98 Å². The van der Waals surface area contributed by atoms with Crippen molar-refractivity contribution in [3.63, 3.8) is 0 Å². The Morgan fingerprint density at radius 1 is 0.724 bits per heavy atom. The van der Waals surface area contributed by atoms with Crippen LogP contribution in [0, 0.1) is 0 Å². The molecule has 4 aromatic carbocycles. The van der Waals surface area contributed by atoms with Gasteiger partial charge >= 0.3 is 0 Å². The summed E-state index contributed by atoms with van der Waals surface area (Å²) in [6.45, 7) is 0. The summed E-state index contributed by atoms with van der Waals surface area (Å²) in [6, 6.07) is 32.0. The number of para-hydroxylation sites is 3. The molecule has 4 heteroatoms. The first kappa shape index (κ1) is 16.8. The van der Waals surface area contributed by atoms with Gasteiger partial charge in [0.2, 0.25) is 0 Å². The average Bonchev–Trinajstić information content (AvgIpc) is 3.31. The van der Waals surface area contributed by atoms with E-state index < -0.39 is 0 Å². The fraction of sp³-hybridized carbons (Fsp3) is 0. The molecule has 0 radical (unpaired) electrons. The summed E-state index contributed by atoms with van der Waals surface area (Å²) in [5.74, 6) is 0. The second-order valence-corrected chi connectivity index (χ2v) is 8.65. The van der Waals surface area contributed by atoms with Gasteiger partial charge in [0.05, 0.1) is 21.3 Å². The van der Waals surface area contributed by atoms with Crippen molar-refractivity contribution in [2.45, 2.75) is 0 Å². The molecule has 6 aromatic rings. The number of aromatic nitrogens is 2. The van der Waals surface area contributed by atoms with Gasteiger partial charge in [0, 0.05) is 22.0 Å². The molecule has 0 aliphatic carbocycles. The quantitative estimate of drug-likeness (QED) is 0.285. The highest BCUT2D eigenvalue weighted by Gasteiger charge is 2.13. The Morgan fingerprint density at radius 3 is 2.17 bits per heavy atom. The minimum absolute atomic E-state index is 0.575. The molecule has 138 valence electrons. The number of hydrogen-bond acceptors (Lipinski definition) is 2. The molecule has 2 aromatic heterocycles. The number of fused-ring (bicyclic) bond motifs is 4. The molecule has 0 bridgehead atoms. The van der Waals surface area contributed by atoms with Gasteiger partial charge in [-0.1, -0.05) is 72.3 Å². The van der Waals surface area contributed by atoms with Gasteiger partial charge in [0.15, 0.2) is 4.47 Å². The number of rotatable bonds is 2. The minimum atomic E-state index is 0.575. The summed E-state index contributed by atoms with van der Waals surface area (Å²) < 4.78 is 4.02. The Labute approximate surface area is 176 Å². The second-order valence-electron chi connectivity index (χ2n) is 7.04. The summed E-state index contributed by atoms with van der Waals surface area (Å²) in [6.07, 6.45) is 0. The van der Waals surface area contributed by atoms with E-state index >= 15 is 0 Å². The molecule has 0 saturated carbocycles. The van der Waals surface area contributed by atoms with Crippen molar-refractivity contribution in [1.82, 2.24) is 9.55 Å². The normalized spacial score (nSPS) is 11.6. The molecule has 2 heterocycles. The predicted octanol–water partition coefficient (Wildman–Crippen LogP) is 7.71. The molecule has 0 spiro atoms. The molecule has 0 atom stereocenters. The van der Waals surface area contributed by atoms with E-state index in [-0.39, 0.29) is 0 Å². The molecular weight excluding hydrogens is 396 g/mol. The van der Waals surface area contributed by atoms with E-state index in [0.717, 1.165) is 27.0 Å². The predicted molar refractivity (Wildman–Crippen MR) is 124 cm³/mol. The van der Waals surface area contributed by atoms with Gasteiger partial charge in [-0.3, -0.25) is 0 Å². The van der Waals surface area contributed by atoms with Gasteiger partial charge in [-0.2, -0.15) is 0 Å². The van der Waals surface area contributed by atoms with Crippen molar-refractivity contribution >= 4 is 55.0 Å². The van der Waals surface area contributed by atoms with Crippen LogP contribution in [0.3, 0.4) is 0 Å². The molecule has 0 aliphatic rings. The lowest BCUT2D eigenvalue weighted by Crippen LogP contribution is -1.94. The third-order valence-electron chi connectivity index (χ3n) is 5.39. The van der Waals surface area contributed by atoms with Crippen LogP contribution < -0.4 is 0 Å². The fourth-order valence-electron chi connectivity index (χ4n) is 4.17. The van der Waals surface area contributed by atoms with Crippen LogP contribution in [-0.2, 0) is 0 Å². The van der Waals surface area contributed by atoms with Crippen molar-refractivity contribution in [2.24, 2.45) is 0 Å². The Balaban J connectivity index is 1.64. The third-order valence-corrected chi connectivity index (χ3v) is 6.51. The van der Waals surface area contributed by atoms with Crippen molar-refractivity contribution in [3.05, 3.63) is 95.5 Å². The van der Waals surface area contributed by atoms with E-state index in [0.29, 0.717) is 4.47 Å². The van der Waals surface area contributed by atoms with Crippen LogP contribution in [0.4, 0.5) is 0 Å². The molecule has 6 rings (SSSR count). The molecular formula is C25H15ClN2S. The van der Waals surface area contributed by atoms with Crippen LogP contribution in [0.5, 0.6) is 0 Å². The number of halogens is 1. The lowest BCUT2D eigenvalue weighted by molar-refractivity contribution is 1.18. The molecule has 0 aliphatic heterocycles. The number of thiazole rings is 1. The molecule has 0 fully saturated rings. The molecule has 0 N–H and O–H groups in total. The van der Waals surface area contributed by atoms with Gasteiger partial charge in [-0.05, 0) is 35.9 Å². The molecule has 0 unspecified atom stereocenters. The van der Waals surface area contributed by atoms with Gasteiger partial charge in [0.25, 0.3) is 0 Å². The SMILES string of the molecule is Clc1nc2c(-c3cccc(-n4c5ccccc5c5ccccc54)c3)cccc2s1. The van der Waals surface area contributed by atoms with Gasteiger partial charge in [-0.15, -0.1) is 11.3 Å². The van der Waals surface area contributed by atoms with E-state index in [4.69, 9.17) is 11.6 Å². The molecule has 2 nitrogen and oxygen atoms in total. The standard InChI is InChI=1S/C25H15ClN2S/c26-25-27-24-18(11-6-14-23(24)29-25)16-7-5-8-17(15-16)28-21-12-3-1-9-19(21)20-10-2-4-13-22(20)28/h1-15H. The van der Waals surface area contributed by atoms with Crippen LogP contribution in [0.1, 0.15) is 0 Å². The summed E-state index contributed by atoms with van der Waals surface area (Å²) in [5.41, 5.74) is 6.76. The van der Waals surface area contributed by atoms with Crippen LogP contribution >= 0.6 is 22.9 Å². The van der Waals surface area contributed by atoms with E-state index in [1.54, 1.807) is 0 Å². The van der Waals surface area contributed by atoms with E-state index in [2.05, 4.69) is 101 Å². The van der Waals surface area contributed by atoms with Crippen molar-refractivity contribution in [1.29, 1.82) is 0 Å². The zero-order valence-corrected chi connectivity index (χ0v) is 16.9. The molecule has 0 amide bonds. The number of nitrogens with zero attached hydrogens (tertiary/aromatic N) is 2. The van der Waals surface area contributed by atoms with Crippen molar-refractivity contribution in [2.75, 3.05) is 0 Å². The first-order valence-corrected chi connectivity index (χ1v) is 10.6. The Hall–Kier alpha value is -3.14. The Kier molecular flexibility index (Phi) is 3.73. The highest BCUT2D eigenvalue weighted by molar-refractivity contribution is 7.22. The summed E-state index contributed by atoms with van der Waals surface area (Å²) in [5, 5.41) is 2.53. The summed E-state index contributed by atoms with van der Waals surface area (Å²) >= 11 is 7.70. The van der Waals surface area contributed by atoms with E-state index in [1.165, 1.54) is 33.1 Å². The summed E-state index contributed by atoms with van der Waals surface area (Å²) in [4.78, 5) is 4.56. The zero-order valence-electron chi connectivity index (χ0n) is 15.3. The largest absolute Gasteiger partial charge is 0.309 e. The smallest absolute Gasteiger partial charge is 0.184 e. The zero-order chi connectivity index (χ0) is 19.4. The maximum absolute atomic E-state index is 6.19. The topological polar surface area (TPSA) is 17.8 Å². The third kappa shape index (κ3) is 2.59. The highest BCUT2D eigenvalue weighted by atomic mass is 35.5. The van der Waals surface area contributed by atoms with Crippen molar-refractivity contribution in [3.8, 4) is 16.8 Å². The Morgan fingerprint density at radius 2 is 1.41 bits per heavy atom. The molecule has 29 heavy (non-hydrogen) atoms. The average molecular weight is 411 g/mol. The number of hydrogen-bond donors (Lipinski definition) is 0. The van der Waals surface area contributed by atoms with Crippen LogP contribution in [0.2, 0.25) is 4.47 Å². The second kappa shape index (κ2) is 6.45. The first-order valence-electron chi connectivity index (χ1n) is 9.44. The van der Waals surface area contributed by atoms with E-state index in [9.17, 15) is 0 Å². The summed E-state index contributed by atoms with van der Waals surface area (Å²) in [7, 11) is 0. The maximum atomic E-state index is 6.19. The van der Waals surface area contributed by atoms with E-state index in [1.807, 2.05) is 0 Å². The van der Waals surface area contributed by atoms with Crippen LogP contribution in [-0.4, -0.2) is 9.55 Å². The van der Waals surface area contributed by atoms with Crippen molar-refractivity contribution < 1.29 is 0 Å². The Bertz CT molecular complexity index is 1470. The number of benzene rings is 4. The lowest BCUT2D eigenvalue weighted by atomic mass is 10.0. The monoisotopic (exact) mass is 410 g/mol. The van der Waals surface area contributed by atoms with Crippen LogP contribution in [0.25, 0.3) is 48.8 Å². The minimum Gasteiger partial charge on any atom is -0.309 e. The fourth-order valence-corrected chi connectivity index (χ4v) is 5.22. The van der Waals surface area contributed by atoms with Gasteiger partial charge < -0.3 is 4.57 Å². The first-order chi connectivity index (χ1) is 14.3. The van der Waals surface area contributed by atoms with Crippen LogP contribution in [0.15, 0.2) is 91.0 Å². The highest BCUT2D eigenvalue weighted by Crippen LogP contribution is 2.36. The lowest BCUT2D eigenvalue weighted by Gasteiger charge is -2.10. The maximum Gasteiger partial charge on any atom is 0.184 e.